The molecule has 136 valence electrons. The van der Waals surface area contributed by atoms with E-state index in [-0.39, 0.29) is 5.41 Å². The van der Waals surface area contributed by atoms with Gasteiger partial charge >= 0.3 is 0 Å². The Hall–Kier alpha value is -2.46. The van der Waals surface area contributed by atoms with Crippen LogP contribution in [0, 0.1) is 0 Å². The average molecular weight is 371 g/mol. The van der Waals surface area contributed by atoms with Gasteiger partial charge in [0, 0.05) is 40.0 Å². The highest BCUT2D eigenvalue weighted by atomic mass is 35.5. The van der Waals surface area contributed by atoms with E-state index in [9.17, 15) is 0 Å². The topological polar surface area (TPSA) is 43.4 Å². The normalized spacial score (nSPS) is 11.4. The number of anilines is 1. The zero-order chi connectivity index (χ0) is 18.7. The second-order valence-corrected chi connectivity index (χ2v) is 7.27. The van der Waals surface area contributed by atoms with Crippen LogP contribution in [0.15, 0.2) is 48.7 Å². The van der Waals surface area contributed by atoms with Crippen LogP contribution in [0.5, 0.6) is 11.5 Å². The molecule has 0 radical (unpaired) electrons. The molecule has 0 aliphatic rings. The van der Waals surface area contributed by atoms with Crippen LogP contribution in [0.1, 0.15) is 19.4 Å². The Bertz CT molecular complexity index is 925. The fraction of sp³-hybridized carbons (Fsp3) is 0.286. The highest BCUT2D eigenvalue weighted by Gasteiger charge is 2.21. The highest BCUT2D eigenvalue weighted by molar-refractivity contribution is 6.30. The number of nitrogens with one attached hydrogen (secondary N) is 1. The predicted octanol–water partition coefficient (Wildman–Crippen LogP) is 5.30. The summed E-state index contributed by atoms with van der Waals surface area (Å²) in [6, 6.07) is 13.8. The van der Waals surface area contributed by atoms with Crippen molar-refractivity contribution >= 4 is 28.2 Å². The monoisotopic (exact) mass is 370 g/mol. The van der Waals surface area contributed by atoms with Gasteiger partial charge in [-0.1, -0.05) is 37.6 Å². The van der Waals surface area contributed by atoms with E-state index in [2.05, 4.69) is 30.2 Å². The van der Waals surface area contributed by atoms with Gasteiger partial charge in [-0.3, -0.25) is 0 Å². The van der Waals surface area contributed by atoms with Gasteiger partial charge in [0.1, 0.15) is 17.3 Å². The summed E-state index contributed by atoms with van der Waals surface area (Å²) in [5, 5.41) is 6.18. The maximum Gasteiger partial charge on any atom is 0.134 e. The Morgan fingerprint density at radius 1 is 1.04 bits per heavy atom. The molecular weight excluding hydrogens is 348 g/mol. The maximum absolute atomic E-state index is 6.15. The van der Waals surface area contributed by atoms with E-state index in [1.165, 1.54) is 5.56 Å². The Labute approximate surface area is 159 Å². The van der Waals surface area contributed by atoms with E-state index in [0.717, 1.165) is 33.1 Å². The quantitative estimate of drug-likeness (QED) is 0.639. The van der Waals surface area contributed by atoms with E-state index >= 15 is 0 Å². The number of rotatable bonds is 6. The van der Waals surface area contributed by atoms with Crippen molar-refractivity contribution in [2.75, 3.05) is 26.1 Å². The number of hydrogen-bond donors (Lipinski definition) is 1. The lowest BCUT2D eigenvalue weighted by atomic mass is 9.84. The molecule has 0 atom stereocenters. The number of nitrogens with zero attached hydrogens (tertiary/aromatic N) is 1. The van der Waals surface area contributed by atoms with Crippen molar-refractivity contribution in [3.8, 4) is 11.5 Å². The summed E-state index contributed by atoms with van der Waals surface area (Å²) in [6.07, 6.45) is 1.78. The van der Waals surface area contributed by atoms with Crippen LogP contribution in [0.2, 0.25) is 5.02 Å². The number of methoxy groups -OCH3 is 2. The van der Waals surface area contributed by atoms with Crippen molar-refractivity contribution in [1.29, 1.82) is 0 Å². The number of fused-ring (bicyclic) bond motifs is 1. The standard InChI is InChI=1S/C21H23ClN2O2/c1-21(2,14-6-5-7-15(22)10-14)13-24-20-18-11-16(25-3)12-19(26-4)17(18)8-9-23-20/h5-12H,13H2,1-4H3,(H,23,24). The first kappa shape index (κ1) is 18.3. The van der Waals surface area contributed by atoms with Crippen LogP contribution in [0.3, 0.4) is 0 Å². The summed E-state index contributed by atoms with van der Waals surface area (Å²) in [5.41, 5.74) is 1.06. The first-order valence-corrected chi connectivity index (χ1v) is 8.83. The molecule has 0 unspecified atom stereocenters. The van der Waals surface area contributed by atoms with E-state index in [4.69, 9.17) is 21.1 Å². The van der Waals surface area contributed by atoms with Gasteiger partial charge in [0.15, 0.2) is 0 Å². The molecule has 0 spiro atoms. The fourth-order valence-electron chi connectivity index (χ4n) is 2.97. The van der Waals surface area contributed by atoms with Crippen LogP contribution < -0.4 is 14.8 Å². The SMILES string of the molecule is COc1cc(OC)c2ccnc(NCC(C)(C)c3cccc(Cl)c3)c2c1. The third-order valence-electron chi connectivity index (χ3n) is 4.58. The molecule has 0 aliphatic carbocycles. The highest BCUT2D eigenvalue weighted by Crippen LogP contribution is 2.35. The van der Waals surface area contributed by atoms with E-state index < -0.39 is 0 Å². The Balaban J connectivity index is 1.93. The Morgan fingerprint density at radius 3 is 2.54 bits per heavy atom. The van der Waals surface area contributed by atoms with Gasteiger partial charge in [0.25, 0.3) is 0 Å². The first-order valence-electron chi connectivity index (χ1n) is 8.45. The third-order valence-corrected chi connectivity index (χ3v) is 4.81. The predicted molar refractivity (Wildman–Crippen MR) is 108 cm³/mol. The second kappa shape index (κ2) is 7.42. The summed E-state index contributed by atoms with van der Waals surface area (Å²) in [7, 11) is 3.30. The molecule has 0 fully saturated rings. The van der Waals surface area contributed by atoms with Crippen LogP contribution in [-0.2, 0) is 5.41 Å². The van der Waals surface area contributed by atoms with Gasteiger partial charge in [-0.05, 0) is 29.8 Å². The lowest BCUT2D eigenvalue weighted by Crippen LogP contribution is -2.28. The van der Waals surface area contributed by atoms with E-state index in [0.29, 0.717) is 6.54 Å². The fourth-order valence-corrected chi connectivity index (χ4v) is 3.16. The number of hydrogen-bond acceptors (Lipinski definition) is 4. The third kappa shape index (κ3) is 3.70. The zero-order valence-electron chi connectivity index (χ0n) is 15.5. The van der Waals surface area contributed by atoms with Crippen molar-refractivity contribution in [1.82, 2.24) is 4.98 Å². The van der Waals surface area contributed by atoms with E-state index in [1.54, 1.807) is 20.4 Å². The molecule has 26 heavy (non-hydrogen) atoms. The lowest BCUT2D eigenvalue weighted by Gasteiger charge is -2.26. The van der Waals surface area contributed by atoms with Crippen LogP contribution in [0.4, 0.5) is 5.82 Å². The minimum Gasteiger partial charge on any atom is -0.497 e. The van der Waals surface area contributed by atoms with Crippen molar-refractivity contribution in [3.63, 3.8) is 0 Å². The smallest absolute Gasteiger partial charge is 0.134 e. The van der Waals surface area contributed by atoms with Crippen LogP contribution in [-0.4, -0.2) is 25.7 Å². The molecule has 3 aromatic rings. The molecule has 5 heteroatoms. The summed E-state index contributed by atoms with van der Waals surface area (Å²) >= 11 is 6.15. The lowest BCUT2D eigenvalue weighted by molar-refractivity contribution is 0.398. The number of benzene rings is 2. The number of aromatic nitrogens is 1. The summed E-state index contributed by atoms with van der Waals surface area (Å²) in [4.78, 5) is 4.52. The van der Waals surface area contributed by atoms with Crippen molar-refractivity contribution in [2.45, 2.75) is 19.3 Å². The molecule has 0 saturated carbocycles. The number of halogens is 1. The first-order chi connectivity index (χ1) is 12.4. The van der Waals surface area contributed by atoms with Gasteiger partial charge < -0.3 is 14.8 Å². The molecule has 4 nitrogen and oxygen atoms in total. The minimum absolute atomic E-state index is 0.113. The molecule has 0 aliphatic heterocycles. The molecular formula is C21H23ClN2O2. The molecule has 3 rings (SSSR count). The summed E-state index contributed by atoms with van der Waals surface area (Å²) in [5.74, 6) is 2.30. The summed E-state index contributed by atoms with van der Waals surface area (Å²) in [6.45, 7) is 5.06. The van der Waals surface area contributed by atoms with Gasteiger partial charge in [-0.25, -0.2) is 4.98 Å². The molecule has 0 saturated heterocycles. The molecule has 1 aromatic heterocycles. The number of pyridine rings is 1. The van der Waals surface area contributed by atoms with Crippen molar-refractivity contribution < 1.29 is 9.47 Å². The molecule has 1 heterocycles. The minimum atomic E-state index is -0.113. The van der Waals surface area contributed by atoms with Crippen molar-refractivity contribution in [2.24, 2.45) is 0 Å². The number of ether oxygens (including phenoxy) is 2. The summed E-state index contributed by atoms with van der Waals surface area (Å²) < 4.78 is 10.9. The zero-order valence-corrected chi connectivity index (χ0v) is 16.2. The van der Waals surface area contributed by atoms with Gasteiger partial charge in [0.2, 0.25) is 0 Å². The van der Waals surface area contributed by atoms with Gasteiger partial charge in [-0.15, -0.1) is 0 Å². The Morgan fingerprint density at radius 2 is 1.85 bits per heavy atom. The maximum atomic E-state index is 6.15. The molecule has 1 N–H and O–H groups in total. The molecule has 2 aromatic carbocycles. The van der Waals surface area contributed by atoms with Gasteiger partial charge in [0.05, 0.1) is 14.2 Å². The van der Waals surface area contributed by atoms with E-state index in [1.807, 2.05) is 36.4 Å². The van der Waals surface area contributed by atoms with Crippen LogP contribution in [0.25, 0.3) is 10.8 Å². The molecule has 0 bridgehead atoms. The molecule has 0 amide bonds. The average Bonchev–Trinajstić information content (AvgIpc) is 2.65. The largest absolute Gasteiger partial charge is 0.497 e. The second-order valence-electron chi connectivity index (χ2n) is 6.83. The Kier molecular flexibility index (Phi) is 5.23. The van der Waals surface area contributed by atoms with Crippen LogP contribution >= 0.6 is 11.6 Å². The van der Waals surface area contributed by atoms with Gasteiger partial charge in [-0.2, -0.15) is 0 Å². The van der Waals surface area contributed by atoms with Crippen molar-refractivity contribution in [3.05, 3.63) is 59.2 Å².